The van der Waals surface area contributed by atoms with Crippen molar-refractivity contribution < 1.29 is 10.0 Å². The zero-order valence-corrected chi connectivity index (χ0v) is 12.1. The van der Waals surface area contributed by atoms with Gasteiger partial charge in [0.05, 0.1) is 10.6 Å². The van der Waals surface area contributed by atoms with Crippen molar-refractivity contribution in [3.05, 3.63) is 45.9 Å². The minimum Gasteiger partial charge on any atom is -0.396 e. The van der Waals surface area contributed by atoms with E-state index in [0.29, 0.717) is 12.2 Å². The highest BCUT2D eigenvalue weighted by Crippen LogP contribution is 2.21. The molecule has 2 heterocycles. The van der Waals surface area contributed by atoms with E-state index in [1.165, 1.54) is 12.3 Å². The maximum absolute atomic E-state index is 10.6. The number of aryl methyl sites for hydroxylation is 1. The van der Waals surface area contributed by atoms with Crippen molar-refractivity contribution in [3.63, 3.8) is 0 Å². The molecule has 21 heavy (non-hydrogen) atoms. The lowest BCUT2D eigenvalue weighted by Crippen LogP contribution is -2.00. The molecule has 0 amide bonds. The Labute approximate surface area is 122 Å². The van der Waals surface area contributed by atoms with Crippen LogP contribution in [0.3, 0.4) is 0 Å². The van der Waals surface area contributed by atoms with E-state index in [0.717, 1.165) is 17.7 Å². The molecule has 0 fully saturated rings. The number of hydrogen-bond donors (Lipinski definition) is 1. The number of rotatable bonds is 6. The van der Waals surface area contributed by atoms with Crippen LogP contribution < -0.4 is 0 Å². The summed E-state index contributed by atoms with van der Waals surface area (Å²) in [6.45, 7) is 4.25. The first-order chi connectivity index (χ1) is 10.0. The smallest absolute Gasteiger partial charge is 0.287 e. The summed E-state index contributed by atoms with van der Waals surface area (Å²) in [6, 6.07) is 2.98. The summed E-state index contributed by atoms with van der Waals surface area (Å²) in [5.74, 6) is 0.802. The second-order valence-corrected chi connectivity index (χ2v) is 5.10. The van der Waals surface area contributed by atoms with E-state index in [-0.39, 0.29) is 18.2 Å². The number of aliphatic hydroxyl groups excluding tert-OH is 1. The number of nitro groups is 1. The zero-order chi connectivity index (χ0) is 15.4. The van der Waals surface area contributed by atoms with Crippen molar-refractivity contribution in [2.75, 3.05) is 6.61 Å². The first-order valence-corrected chi connectivity index (χ1v) is 6.83. The number of aromatic nitrogens is 3. The largest absolute Gasteiger partial charge is 0.396 e. The van der Waals surface area contributed by atoms with Crippen LogP contribution in [0.25, 0.3) is 5.82 Å². The summed E-state index contributed by atoms with van der Waals surface area (Å²) in [5.41, 5.74) is 1.98. The molecule has 0 atom stereocenters. The highest BCUT2D eigenvalue weighted by molar-refractivity contribution is 5.34. The van der Waals surface area contributed by atoms with Crippen molar-refractivity contribution in [3.8, 4) is 5.82 Å². The fraction of sp³-hybridized carbons (Fsp3) is 0.429. The van der Waals surface area contributed by atoms with E-state index in [4.69, 9.17) is 5.11 Å². The molecule has 0 saturated heterocycles. The predicted molar refractivity (Wildman–Crippen MR) is 77.5 cm³/mol. The monoisotopic (exact) mass is 290 g/mol. The van der Waals surface area contributed by atoms with Crippen molar-refractivity contribution in [1.29, 1.82) is 0 Å². The third-order valence-corrected chi connectivity index (χ3v) is 3.15. The van der Waals surface area contributed by atoms with Gasteiger partial charge in [-0.15, -0.1) is 0 Å². The summed E-state index contributed by atoms with van der Waals surface area (Å²) in [4.78, 5) is 14.2. The molecule has 0 bridgehead atoms. The van der Waals surface area contributed by atoms with Gasteiger partial charge in [-0.25, -0.2) is 9.67 Å². The second-order valence-electron chi connectivity index (χ2n) is 5.10. The van der Waals surface area contributed by atoms with E-state index < -0.39 is 4.92 Å². The second kappa shape index (κ2) is 6.45. The SMILES string of the molecule is CC(C)c1nn(-c2ccc([N+](=O)[O-])cn2)cc1CCCO. The molecule has 2 aromatic heterocycles. The van der Waals surface area contributed by atoms with Gasteiger partial charge in [0.2, 0.25) is 0 Å². The molecule has 0 unspecified atom stereocenters. The summed E-state index contributed by atoms with van der Waals surface area (Å²) >= 11 is 0. The summed E-state index contributed by atoms with van der Waals surface area (Å²) in [7, 11) is 0. The van der Waals surface area contributed by atoms with Crippen LogP contribution in [0.1, 0.15) is 37.4 Å². The van der Waals surface area contributed by atoms with Crippen LogP contribution in [0, 0.1) is 10.1 Å². The van der Waals surface area contributed by atoms with Crippen LogP contribution in [-0.2, 0) is 6.42 Å². The Balaban J connectivity index is 2.32. The van der Waals surface area contributed by atoms with Crippen molar-refractivity contribution >= 4 is 5.69 Å². The minimum atomic E-state index is -0.480. The van der Waals surface area contributed by atoms with Gasteiger partial charge in [0.25, 0.3) is 5.69 Å². The molecule has 0 saturated carbocycles. The molecular formula is C14H18N4O3. The summed E-state index contributed by atoms with van der Waals surface area (Å²) < 4.78 is 1.63. The Hall–Kier alpha value is -2.28. The van der Waals surface area contributed by atoms with E-state index in [9.17, 15) is 10.1 Å². The highest BCUT2D eigenvalue weighted by Gasteiger charge is 2.14. The Morgan fingerprint density at radius 1 is 1.43 bits per heavy atom. The maximum Gasteiger partial charge on any atom is 0.287 e. The van der Waals surface area contributed by atoms with Gasteiger partial charge in [0.1, 0.15) is 6.20 Å². The lowest BCUT2D eigenvalue weighted by molar-refractivity contribution is -0.385. The molecule has 112 valence electrons. The van der Waals surface area contributed by atoms with Crippen molar-refractivity contribution in [2.45, 2.75) is 32.6 Å². The first kappa shape index (κ1) is 15.1. The van der Waals surface area contributed by atoms with Gasteiger partial charge in [-0.2, -0.15) is 5.10 Å². The predicted octanol–water partition coefficient (Wildman–Crippen LogP) is 2.22. The normalized spacial score (nSPS) is 11.0. The van der Waals surface area contributed by atoms with Gasteiger partial charge in [-0.05, 0) is 30.4 Å². The fourth-order valence-electron chi connectivity index (χ4n) is 2.11. The first-order valence-electron chi connectivity index (χ1n) is 6.83. The molecule has 2 rings (SSSR count). The summed E-state index contributed by atoms with van der Waals surface area (Å²) in [5, 5.41) is 24.1. The lowest BCUT2D eigenvalue weighted by Gasteiger charge is -2.03. The van der Waals surface area contributed by atoms with E-state index in [1.807, 2.05) is 6.20 Å². The molecule has 0 spiro atoms. The van der Waals surface area contributed by atoms with Crippen molar-refractivity contribution in [2.24, 2.45) is 0 Å². The molecule has 0 aliphatic carbocycles. The molecule has 1 N–H and O–H groups in total. The van der Waals surface area contributed by atoms with Gasteiger partial charge in [-0.1, -0.05) is 13.8 Å². The molecule has 7 heteroatoms. The third kappa shape index (κ3) is 3.43. The standard InChI is InChI=1S/C14H18N4O3/c1-10(2)14-11(4-3-7-19)9-17(16-14)13-6-5-12(8-15-13)18(20)21/h5-6,8-10,19H,3-4,7H2,1-2H3. The number of pyridine rings is 1. The molecule has 0 aliphatic rings. The Morgan fingerprint density at radius 3 is 2.71 bits per heavy atom. The van der Waals surface area contributed by atoms with Gasteiger partial charge in [0.15, 0.2) is 5.82 Å². The minimum absolute atomic E-state index is 0.0458. The average molecular weight is 290 g/mol. The van der Waals surface area contributed by atoms with E-state index in [1.54, 1.807) is 10.7 Å². The Morgan fingerprint density at radius 2 is 2.19 bits per heavy atom. The van der Waals surface area contributed by atoms with E-state index >= 15 is 0 Å². The van der Waals surface area contributed by atoms with Crippen LogP contribution in [0.2, 0.25) is 0 Å². The number of hydrogen-bond acceptors (Lipinski definition) is 5. The lowest BCUT2D eigenvalue weighted by atomic mass is 10.0. The molecule has 0 aliphatic heterocycles. The fourth-order valence-corrected chi connectivity index (χ4v) is 2.11. The molecule has 7 nitrogen and oxygen atoms in total. The topological polar surface area (TPSA) is 94.1 Å². The van der Waals surface area contributed by atoms with Gasteiger partial charge in [-0.3, -0.25) is 10.1 Å². The number of nitrogens with zero attached hydrogens (tertiary/aromatic N) is 4. The quantitative estimate of drug-likeness (QED) is 0.650. The molecule has 0 aromatic carbocycles. The number of aliphatic hydroxyl groups is 1. The Kier molecular flexibility index (Phi) is 4.64. The van der Waals surface area contributed by atoms with Gasteiger partial charge < -0.3 is 5.11 Å². The van der Waals surface area contributed by atoms with Crippen molar-refractivity contribution in [1.82, 2.24) is 14.8 Å². The molecular weight excluding hydrogens is 272 g/mol. The zero-order valence-electron chi connectivity index (χ0n) is 12.1. The third-order valence-electron chi connectivity index (χ3n) is 3.15. The van der Waals surface area contributed by atoms with Crippen LogP contribution in [0.4, 0.5) is 5.69 Å². The Bertz CT molecular complexity index is 620. The molecule has 2 aromatic rings. The maximum atomic E-state index is 10.6. The van der Waals surface area contributed by atoms with Crippen LogP contribution in [0.15, 0.2) is 24.5 Å². The van der Waals surface area contributed by atoms with Gasteiger partial charge in [0, 0.05) is 18.9 Å². The van der Waals surface area contributed by atoms with Crippen LogP contribution in [-0.4, -0.2) is 31.4 Å². The van der Waals surface area contributed by atoms with E-state index in [2.05, 4.69) is 23.9 Å². The highest BCUT2D eigenvalue weighted by atomic mass is 16.6. The van der Waals surface area contributed by atoms with Crippen LogP contribution in [0.5, 0.6) is 0 Å². The average Bonchev–Trinajstić information content (AvgIpc) is 2.89. The van der Waals surface area contributed by atoms with Gasteiger partial charge >= 0.3 is 0 Å². The van der Waals surface area contributed by atoms with Crippen LogP contribution >= 0.6 is 0 Å². The molecule has 0 radical (unpaired) electrons. The summed E-state index contributed by atoms with van der Waals surface area (Å²) in [6.07, 6.45) is 4.52.